The number of nitrogens with zero attached hydrogens (tertiary/aromatic N) is 1. The molecule has 7 N–H and O–H groups in total. The molecule has 10 heteroatoms. The van der Waals surface area contributed by atoms with E-state index in [0.29, 0.717) is 6.21 Å². The van der Waals surface area contributed by atoms with Crippen LogP contribution in [0.1, 0.15) is 0 Å². The average Bonchev–Trinajstić information content (AvgIpc) is 2.71. The van der Waals surface area contributed by atoms with Gasteiger partial charge in [0.2, 0.25) is 5.96 Å². The third-order valence-electron chi connectivity index (χ3n) is 2.67. The average molecular weight is 286 g/mol. The van der Waals surface area contributed by atoms with E-state index < -0.39 is 42.5 Å². The molecule has 10 nitrogen and oxygen atoms in total. The van der Waals surface area contributed by atoms with Crippen molar-refractivity contribution in [2.45, 2.75) is 24.0 Å². The molecule has 0 radical (unpaired) electrons. The first-order valence-corrected chi connectivity index (χ1v) is 5.37. The highest BCUT2D eigenvalue weighted by Gasteiger charge is 2.55. The van der Waals surface area contributed by atoms with Crippen molar-refractivity contribution in [3.05, 3.63) is 0 Å². The van der Waals surface area contributed by atoms with E-state index in [9.17, 15) is 15.0 Å². The van der Waals surface area contributed by atoms with E-state index in [2.05, 4.69) is 10.5 Å². The number of hydrogen-bond donors (Lipinski definition) is 7. The highest BCUT2D eigenvalue weighted by atomic mass is 16.6. The Labute approximate surface area is 113 Å². The Hall–Kier alpha value is -2.19. The number of amides is 1. The standard InChI is InChI=1S/C10H14N4O6/c1-2-10(18)7(17)5(4-15)20-8(10)13-9(14-19)12-6(16)3-11/h1,3,5,7-8,11,15,17-19H,4H2,(H2,12,13,14,16)/t5-,7-,8-,10-/m1/s1. The van der Waals surface area contributed by atoms with Crippen LogP contribution in [0.25, 0.3) is 0 Å². The molecule has 0 unspecified atom stereocenters. The van der Waals surface area contributed by atoms with Crippen LogP contribution < -0.4 is 10.6 Å². The first-order valence-electron chi connectivity index (χ1n) is 5.37. The highest BCUT2D eigenvalue weighted by Crippen LogP contribution is 2.29. The number of terminal acetylenes is 1. The van der Waals surface area contributed by atoms with Gasteiger partial charge in [-0.2, -0.15) is 0 Å². The first kappa shape index (κ1) is 15.9. The van der Waals surface area contributed by atoms with Crippen molar-refractivity contribution >= 4 is 18.1 Å². The number of nitrogens with one attached hydrogen (secondary N) is 3. The van der Waals surface area contributed by atoms with E-state index in [4.69, 9.17) is 26.9 Å². The zero-order chi connectivity index (χ0) is 15.3. The lowest BCUT2D eigenvalue weighted by Crippen LogP contribution is -2.57. The van der Waals surface area contributed by atoms with Crippen molar-refractivity contribution in [2.75, 3.05) is 6.61 Å². The van der Waals surface area contributed by atoms with Gasteiger partial charge in [-0.25, -0.2) is 0 Å². The van der Waals surface area contributed by atoms with Crippen molar-refractivity contribution in [3.8, 4) is 12.3 Å². The van der Waals surface area contributed by atoms with E-state index in [1.165, 1.54) is 0 Å². The van der Waals surface area contributed by atoms with Crippen molar-refractivity contribution in [2.24, 2.45) is 5.16 Å². The van der Waals surface area contributed by atoms with Gasteiger partial charge in [0.25, 0.3) is 5.91 Å². The largest absolute Gasteiger partial charge is 0.408 e. The summed E-state index contributed by atoms with van der Waals surface area (Å²) in [7, 11) is 0. The van der Waals surface area contributed by atoms with Crippen LogP contribution in [0.4, 0.5) is 0 Å². The maximum Gasteiger partial charge on any atom is 0.268 e. The predicted molar refractivity (Wildman–Crippen MR) is 64.8 cm³/mol. The smallest absolute Gasteiger partial charge is 0.268 e. The van der Waals surface area contributed by atoms with Gasteiger partial charge in [-0.3, -0.25) is 10.1 Å². The summed E-state index contributed by atoms with van der Waals surface area (Å²) in [6.07, 6.45) is 1.34. The molecule has 1 amide bonds. The predicted octanol–water partition coefficient (Wildman–Crippen LogP) is -3.47. The molecule has 1 aliphatic rings. The number of guanidine groups is 1. The molecule has 4 atom stereocenters. The lowest BCUT2D eigenvalue weighted by atomic mass is 9.95. The molecule has 0 aromatic carbocycles. The van der Waals surface area contributed by atoms with Crippen LogP contribution in [0.3, 0.4) is 0 Å². The molecule has 0 aliphatic carbocycles. The van der Waals surface area contributed by atoms with E-state index in [-0.39, 0.29) is 0 Å². The quantitative estimate of drug-likeness (QED) is 0.0929. The maximum atomic E-state index is 11.0. The van der Waals surface area contributed by atoms with Crippen LogP contribution in [-0.4, -0.2) is 69.3 Å². The first-order chi connectivity index (χ1) is 9.42. The minimum absolute atomic E-state index is 0.418. The molecular weight excluding hydrogens is 272 g/mol. The van der Waals surface area contributed by atoms with E-state index in [0.717, 1.165) is 0 Å². The zero-order valence-corrected chi connectivity index (χ0v) is 10.1. The fourth-order valence-corrected chi connectivity index (χ4v) is 1.61. The molecule has 0 saturated carbocycles. The summed E-state index contributed by atoms with van der Waals surface area (Å²) < 4.78 is 5.07. The lowest BCUT2D eigenvalue weighted by Gasteiger charge is -2.26. The number of oxime groups is 1. The Kier molecular flexibility index (Phi) is 5.00. The normalized spacial score (nSPS) is 33.3. The van der Waals surface area contributed by atoms with E-state index >= 15 is 0 Å². The molecule has 0 aromatic rings. The van der Waals surface area contributed by atoms with Gasteiger partial charge in [-0.1, -0.05) is 11.1 Å². The van der Waals surface area contributed by atoms with E-state index in [1.807, 2.05) is 11.2 Å². The Morgan fingerprint density at radius 1 is 1.65 bits per heavy atom. The van der Waals surface area contributed by atoms with Gasteiger partial charge in [0, 0.05) is 0 Å². The molecule has 1 rings (SSSR count). The van der Waals surface area contributed by atoms with Crippen LogP contribution in [0.15, 0.2) is 5.16 Å². The SMILES string of the molecule is C#C[C@]1(O)[C@H](N/C(=N/O)NC(=O)C=N)O[C@H](CO)[C@H]1O. The third kappa shape index (κ3) is 2.86. The molecule has 1 saturated heterocycles. The van der Waals surface area contributed by atoms with Gasteiger partial charge in [-0.05, 0) is 0 Å². The Morgan fingerprint density at radius 3 is 2.75 bits per heavy atom. The summed E-state index contributed by atoms with van der Waals surface area (Å²) in [4.78, 5) is 11.0. The van der Waals surface area contributed by atoms with Gasteiger partial charge >= 0.3 is 0 Å². The number of aliphatic hydroxyl groups is 3. The molecule has 0 aromatic heterocycles. The summed E-state index contributed by atoms with van der Waals surface area (Å²) in [5.41, 5.74) is -2.21. The second-order valence-corrected chi connectivity index (χ2v) is 3.88. The second kappa shape index (κ2) is 6.31. The number of ether oxygens (including phenoxy) is 1. The number of carbonyl (C=O) groups excluding carboxylic acids is 1. The minimum atomic E-state index is -2.21. The van der Waals surface area contributed by atoms with Crippen LogP contribution in [0.2, 0.25) is 0 Å². The Morgan fingerprint density at radius 2 is 2.30 bits per heavy atom. The van der Waals surface area contributed by atoms with Crippen LogP contribution >= 0.6 is 0 Å². The molecule has 1 aliphatic heterocycles. The van der Waals surface area contributed by atoms with Crippen molar-refractivity contribution in [1.29, 1.82) is 5.41 Å². The molecule has 0 spiro atoms. The fraction of sp³-hybridized carbons (Fsp3) is 0.500. The molecule has 110 valence electrons. The minimum Gasteiger partial charge on any atom is -0.408 e. The van der Waals surface area contributed by atoms with Crippen molar-refractivity contribution < 1.29 is 30.1 Å². The van der Waals surface area contributed by atoms with Crippen LogP contribution in [0.5, 0.6) is 0 Å². The van der Waals surface area contributed by atoms with Gasteiger partial charge in [0.15, 0.2) is 11.8 Å². The maximum absolute atomic E-state index is 11.0. The number of carbonyl (C=O) groups is 1. The Bertz CT molecular complexity index is 461. The summed E-state index contributed by atoms with van der Waals surface area (Å²) >= 11 is 0. The third-order valence-corrected chi connectivity index (χ3v) is 2.67. The number of hydrogen-bond acceptors (Lipinski definition) is 8. The lowest BCUT2D eigenvalue weighted by molar-refractivity contribution is -0.113. The number of aliphatic hydroxyl groups excluding tert-OH is 2. The monoisotopic (exact) mass is 286 g/mol. The van der Waals surface area contributed by atoms with Gasteiger partial charge in [-0.15, -0.1) is 6.42 Å². The molecule has 20 heavy (non-hydrogen) atoms. The summed E-state index contributed by atoms with van der Waals surface area (Å²) in [5.74, 6) is 0.451. The highest BCUT2D eigenvalue weighted by molar-refractivity contribution is 6.28. The van der Waals surface area contributed by atoms with Crippen molar-refractivity contribution in [1.82, 2.24) is 10.6 Å². The second-order valence-electron chi connectivity index (χ2n) is 3.88. The summed E-state index contributed by atoms with van der Waals surface area (Å²) in [6, 6.07) is 0. The molecule has 1 heterocycles. The molecule has 1 fully saturated rings. The van der Waals surface area contributed by atoms with Gasteiger partial charge in [0.05, 0.1) is 12.8 Å². The van der Waals surface area contributed by atoms with Gasteiger partial charge < -0.3 is 36.0 Å². The fourth-order valence-electron chi connectivity index (χ4n) is 1.61. The number of rotatable bonds is 3. The zero-order valence-electron chi connectivity index (χ0n) is 10.1. The van der Waals surface area contributed by atoms with Crippen molar-refractivity contribution in [3.63, 3.8) is 0 Å². The van der Waals surface area contributed by atoms with Gasteiger partial charge in [0.1, 0.15) is 12.2 Å². The topological polar surface area (TPSA) is 167 Å². The molecular formula is C10H14N4O6. The Balaban J connectivity index is 2.87. The molecule has 0 bridgehead atoms. The summed E-state index contributed by atoms with van der Waals surface area (Å²) in [6.45, 7) is -0.609. The van der Waals surface area contributed by atoms with Crippen LogP contribution in [0, 0.1) is 17.8 Å². The summed E-state index contributed by atoms with van der Waals surface area (Å²) in [5, 5.41) is 51.1. The van der Waals surface area contributed by atoms with E-state index in [1.54, 1.807) is 0 Å². The van der Waals surface area contributed by atoms with Crippen LogP contribution in [-0.2, 0) is 9.53 Å².